The molecule has 0 unspecified atom stereocenters. The molecule has 0 atom stereocenters. The number of hydrogen-bond donors (Lipinski definition) is 1. The average molecular weight is 293 g/mol. The summed E-state index contributed by atoms with van der Waals surface area (Å²) < 4.78 is 15.3. The van der Waals surface area contributed by atoms with Gasteiger partial charge in [-0.05, 0) is 17.7 Å². The first kappa shape index (κ1) is 14.7. The van der Waals surface area contributed by atoms with Crippen LogP contribution >= 0.6 is 0 Å². The molecular formula is C14H15NO6. The second-order valence-corrected chi connectivity index (χ2v) is 4.30. The number of carbonyl (C=O) groups is 2. The molecule has 0 aliphatic carbocycles. The summed E-state index contributed by atoms with van der Waals surface area (Å²) in [4.78, 5) is 23.8. The molecule has 0 spiro atoms. The zero-order chi connectivity index (χ0) is 15.2. The third kappa shape index (κ3) is 3.88. The maximum atomic E-state index is 11.8. The molecule has 1 aromatic carbocycles. The van der Waals surface area contributed by atoms with Crippen molar-refractivity contribution in [2.24, 2.45) is 0 Å². The molecule has 0 bridgehead atoms. The molecule has 1 heterocycles. The fourth-order valence-corrected chi connectivity index (χ4v) is 1.83. The summed E-state index contributed by atoms with van der Waals surface area (Å²) in [5.41, 5.74) is 0.719. The SMILES string of the molecule is C=CCOC(=O)N(CC(=O)O)Cc1ccc2c(c1)OCO2. The van der Waals surface area contributed by atoms with Crippen molar-refractivity contribution in [2.75, 3.05) is 19.9 Å². The second-order valence-electron chi connectivity index (χ2n) is 4.30. The van der Waals surface area contributed by atoms with Crippen LogP contribution in [0.15, 0.2) is 30.9 Å². The van der Waals surface area contributed by atoms with Gasteiger partial charge in [-0.1, -0.05) is 18.7 Å². The summed E-state index contributed by atoms with van der Waals surface area (Å²) in [5, 5.41) is 8.88. The van der Waals surface area contributed by atoms with Crippen molar-refractivity contribution in [3.05, 3.63) is 36.4 Å². The van der Waals surface area contributed by atoms with Gasteiger partial charge in [0.25, 0.3) is 0 Å². The summed E-state index contributed by atoms with van der Waals surface area (Å²) in [6, 6.07) is 5.16. The number of hydrogen-bond acceptors (Lipinski definition) is 5. The Morgan fingerprint density at radius 1 is 1.38 bits per heavy atom. The molecule has 0 radical (unpaired) electrons. The second kappa shape index (κ2) is 6.65. The van der Waals surface area contributed by atoms with Gasteiger partial charge in [0.2, 0.25) is 6.79 Å². The maximum absolute atomic E-state index is 11.8. The third-order valence-electron chi connectivity index (χ3n) is 2.72. The molecule has 1 aliphatic rings. The van der Waals surface area contributed by atoms with Crippen LogP contribution in [0, 0.1) is 0 Å². The van der Waals surface area contributed by atoms with Crippen LogP contribution in [-0.2, 0) is 16.1 Å². The van der Waals surface area contributed by atoms with Crippen LogP contribution < -0.4 is 9.47 Å². The summed E-state index contributed by atoms with van der Waals surface area (Å²) in [6.45, 7) is 3.25. The quantitative estimate of drug-likeness (QED) is 0.802. The van der Waals surface area contributed by atoms with Crippen molar-refractivity contribution in [1.82, 2.24) is 4.90 Å². The first-order valence-electron chi connectivity index (χ1n) is 6.23. The van der Waals surface area contributed by atoms with Gasteiger partial charge in [-0.3, -0.25) is 9.69 Å². The zero-order valence-corrected chi connectivity index (χ0v) is 11.3. The van der Waals surface area contributed by atoms with E-state index in [1.807, 2.05) is 0 Å². The molecule has 2 rings (SSSR count). The Labute approximate surface area is 121 Å². The minimum atomic E-state index is -1.12. The number of nitrogens with zero attached hydrogens (tertiary/aromatic N) is 1. The van der Waals surface area contributed by atoms with Crippen LogP contribution in [0.4, 0.5) is 4.79 Å². The minimum absolute atomic E-state index is 0.0239. The Hall–Kier alpha value is -2.70. The van der Waals surface area contributed by atoms with Crippen molar-refractivity contribution in [3.8, 4) is 11.5 Å². The van der Waals surface area contributed by atoms with Crippen LogP contribution in [-0.4, -0.2) is 42.0 Å². The Balaban J connectivity index is 2.08. The Morgan fingerprint density at radius 3 is 2.86 bits per heavy atom. The van der Waals surface area contributed by atoms with Gasteiger partial charge < -0.3 is 19.3 Å². The lowest BCUT2D eigenvalue weighted by Gasteiger charge is -2.20. The van der Waals surface area contributed by atoms with Gasteiger partial charge in [-0.25, -0.2) is 4.79 Å². The normalized spacial score (nSPS) is 11.8. The molecule has 0 aromatic heterocycles. The summed E-state index contributed by atoms with van der Waals surface area (Å²) in [7, 11) is 0. The van der Waals surface area contributed by atoms with E-state index in [0.717, 1.165) is 10.5 Å². The number of carboxylic acids is 1. The van der Waals surface area contributed by atoms with Crippen LogP contribution in [0.3, 0.4) is 0 Å². The number of carbonyl (C=O) groups excluding carboxylic acids is 1. The molecule has 0 saturated carbocycles. The lowest BCUT2D eigenvalue weighted by molar-refractivity contribution is -0.138. The van der Waals surface area contributed by atoms with Crippen LogP contribution in [0.5, 0.6) is 11.5 Å². The van der Waals surface area contributed by atoms with Gasteiger partial charge in [-0.2, -0.15) is 0 Å². The van der Waals surface area contributed by atoms with Gasteiger partial charge in [0.05, 0.1) is 0 Å². The van der Waals surface area contributed by atoms with Gasteiger partial charge >= 0.3 is 12.1 Å². The molecule has 1 amide bonds. The summed E-state index contributed by atoms with van der Waals surface area (Å²) >= 11 is 0. The molecule has 21 heavy (non-hydrogen) atoms. The smallest absolute Gasteiger partial charge is 0.410 e. The van der Waals surface area contributed by atoms with Gasteiger partial charge in [-0.15, -0.1) is 0 Å². The number of amides is 1. The lowest BCUT2D eigenvalue weighted by atomic mass is 10.2. The predicted molar refractivity (Wildman–Crippen MR) is 72.2 cm³/mol. The van der Waals surface area contributed by atoms with Gasteiger partial charge in [0, 0.05) is 6.54 Å². The fourth-order valence-electron chi connectivity index (χ4n) is 1.83. The van der Waals surface area contributed by atoms with Crippen molar-refractivity contribution >= 4 is 12.1 Å². The van der Waals surface area contributed by atoms with E-state index in [0.29, 0.717) is 11.5 Å². The molecule has 1 aromatic rings. The molecule has 112 valence electrons. The summed E-state index contributed by atoms with van der Waals surface area (Å²) in [5.74, 6) is 0.0753. The van der Waals surface area contributed by atoms with E-state index in [1.54, 1.807) is 18.2 Å². The van der Waals surface area contributed by atoms with E-state index in [1.165, 1.54) is 6.08 Å². The Kier molecular flexibility index (Phi) is 4.65. The predicted octanol–water partition coefficient (Wildman–Crippen LogP) is 1.62. The number of fused-ring (bicyclic) bond motifs is 1. The van der Waals surface area contributed by atoms with Crippen LogP contribution in [0.1, 0.15) is 5.56 Å². The molecule has 0 fully saturated rings. The standard InChI is InChI=1S/C14H15NO6/c1-2-5-19-14(18)15(8-13(16)17)7-10-3-4-11-12(6-10)21-9-20-11/h2-4,6H,1,5,7-9H2,(H,16,17). The molecular weight excluding hydrogens is 278 g/mol. The Bertz CT molecular complexity index is 556. The highest BCUT2D eigenvalue weighted by atomic mass is 16.7. The van der Waals surface area contributed by atoms with Crippen molar-refractivity contribution < 1.29 is 28.9 Å². The molecule has 0 saturated heterocycles. The fraction of sp³-hybridized carbons (Fsp3) is 0.286. The van der Waals surface area contributed by atoms with Crippen molar-refractivity contribution in [2.45, 2.75) is 6.54 Å². The Morgan fingerprint density at radius 2 is 2.14 bits per heavy atom. The molecule has 1 N–H and O–H groups in total. The average Bonchev–Trinajstić information content (AvgIpc) is 2.91. The monoisotopic (exact) mass is 293 g/mol. The minimum Gasteiger partial charge on any atom is -0.480 e. The van der Waals surface area contributed by atoms with Crippen molar-refractivity contribution in [3.63, 3.8) is 0 Å². The van der Waals surface area contributed by atoms with E-state index in [4.69, 9.17) is 19.3 Å². The largest absolute Gasteiger partial charge is 0.480 e. The van der Waals surface area contributed by atoms with Gasteiger partial charge in [0.15, 0.2) is 11.5 Å². The van der Waals surface area contributed by atoms with E-state index < -0.39 is 18.6 Å². The van der Waals surface area contributed by atoms with E-state index in [2.05, 4.69) is 6.58 Å². The third-order valence-corrected chi connectivity index (χ3v) is 2.72. The maximum Gasteiger partial charge on any atom is 0.410 e. The summed E-state index contributed by atoms with van der Waals surface area (Å²) in [6.07, 6.45) is 0.701. The van der Waals surface area contributed by atoms with Crippen molar-refractivity contribution in [1.29, 1.82) is 0 Å². The lowest BCUT2D eigenvalue weighted by Crippen LogP contribution is -2.35. The first-order chi connectivity index (χ1) is 10.1. The number of carboxylic acid groups (broad SMARTS) is 1. The van der Waals surface area contributed by atoms with E-state index in [-0.39, 0.29) is 19.9 Å². The topological polar surface area (TPSA) is 85.3 Å². The van der Waals surface area contributed by atoms with Crippen LogP contribution in [0.25, 0.3) is 0 Å². The number of rotatable bonds is 6. The molecule has 7 nitrogen and oxygen atoms in total. The van der Waals surface area contributed by atoms with E-state index in [9.17, 15) is 9.59 Å². The number of aliphatic carboxylic acids is 1. The highest BCUT2D eigenvalue weighted by molar-refractivity contribution is 5.76. The highest BCUT2D eigenvalue weighted by Crippen LogP contribution is 2.32. The molecule has 7 heteroatoms. The van der Waals surface area contributed by atoms with E-state index >= 15 is 0 Å². The highest BCUT2D eigenvalue weighted by Gasteiger charge is 2.20. The zero-order valence-electron chi connectivity index (χ0n) is 11.3. The number of ether oxygens (including phenoxy) is 3. The molecule has 1 aliphatic heterocycles. The van der Waals surface area contributed by atoms with Gasteiger partial charge in [0.1, 0.15) is 13.2 Å². The number of benzene rings is 1. The van der Waals surface area contributed by atoms with Crippen LogP contribution in [0.2, 0.25) is 0 Å². The first-order valence-corrected chi connectivity index (χ1v) is 6.23.